The first-order chi connectivity index (χ1) is 10.9. The van der Waals surface area contributed by atoms with Crippen LogP contribution in [-0.4, -0.2) is 34.8 Å². The summed E-state index contributed by atoms with van der Waals surface area (Å²) in [7, 11) is 0. The number of nitrogens with one attached hydrogen (secondary N) is 1. The van der Waals surface area contributed by atoms with Gasteiger partial charge in [0.1, 0.15) is 0 Å². The summed E-state index contributed by atoms with van der Waals surface area (Å²) in [5.74, 6) is -1.94. The molecule has 8 heteroatoms. The van der Waals surface area contributed by atoms with Crippen molar-refractivity contribution in [3.63, 3.8) is 0 Å². The molecule has 2 aromatic rings. The van der Waals surface area contributed by atoms with E-state index in [0.717, 1.165) is 12.1 Å². The Morgan fingerprint density at radius 3 is 2.74 bits per heavy atom. The number of hydrogen-bond acceptors (Lipinski definition) is 4. The molecule has 1 fully saturated rings. The van der Waals surface area contributed by atoms with Crippen molar-refractivity contribution in [3.05, 3.63) is 35.8 Å². The van der Waals surface area contributed by atoms with Crippen LogP contribution in [0, 0.1) is 5.82 Å². The average Bonchev–Trinajstić information content (AvgIpc) is 2.45. The number of aromatic nitrogens is 1. The molecule has 1 amide bonds. The summed E-state index contributed by atoms with van der Waals surface area (Å²) in [4.78, 5) is 16.0. The number of fused-ring (bicyclic) bond motifs is 1. The molecule has 0 saturated heterocycles. The average molecular weight is 326 g/mol. The Morgan fingerprint density at radius 2 is 2.09 bits per heavy atom. The first-order valence-corrected chi connectivity index (χ1v) is 6.95. The number of benzene rings is 1. The third kappa shape index (κ3) is 3.37. The van der Waals surface area contributed by atoms with E-state index < -0.39 is 24.3 Å². The molecule has 2 N–H and O–H groups in total. The molecule has 122 valence electrons. The minimum absolute atomic E-state index is 0.0910. The number of ether oxygens (including phenoxy) is 1. The van der Waals surface area contributed by atoms with E-state index in [1.165, 1.54) is 12.3 Å². The van der Waals surface area contributed by atoms with Gasteiger partial charge >= 0.3 is 6.61 Å². The molecule has 1 heterocycles. The number of rotatable bonds is 4. The maximum atomic E-state index is 13.7. The lowest BCUT2D eigenvalue weighted by molar-refractivity contribution is -0.0520. The summed E-state index contributed by atoms with van der Waals surface area (Å²) in [5.41, 5.74) is 0.457. The first kappa shape index (κ1) is 15.5. The highest BCUT2D eigenvalue weighted by Gasteiger charge is 2.28. The van der Waals surface area contributed by atoms with Crippen molar-refractivity contribution in [2.24, 2.45) is 0 Å². The van der Waals surface area contributed by atoms with Crippen molar-refractivity contribution < 1.29 is 27.8 Å². The molecular formula is C15H13F3N2O3. The van der Waals surface area contributed by atoms with Crippen LogP contribution in [0.15, 0.2) is 24.4 Å². The Bertz CT molecular complexity index is 748. The lowest BCUT2D eigenvalue weighted by Crippen LogP contribution is -2.46. The van der Waals surface area contributed by atoms with Crippen LogP contribution in [-0.2, 0) is 0 Å². The molecule has 0 aliphatic heterocycles. The number of halogens is 3. The maximum absolute atomic E-state index is 13.7. The van der Waals surface area contributed by atoms with Crippen molar-refractivity contribution in [1.29, 1.82) is 0 Å². The second-order valence-electron chi connectivity index (χ2n) is 5.37. The monoisotopic (exact) mass is 326 g/mol. The standard InChI is InChI=1S/C15H13F3N2O3/c16-11-2-7-1-8(14(22)20-9-3-10(21)4-9)6-19-12(7)5-13(11)23-15(17)18/h1-2,5-6,9-10,15,21H,3-4H2,(H,20,22). The minimum Gasteiger partial charge on any atom is -0.432 e. The molecule has 5 nitrogen and oxygen atoms in total. The molecule has 1 aliphatic rings. The van der Waals surface area contributed by atoms with Crippen LogP contribution in [0.3, 0.4) is 0 Å². The van der Waals surface area contributed by atoms with E-state index in [1.54, 1.807) is 0 Å². The van der Waals surface area contributed by atoms with E-state index in [2.05, 4.69) is 15.0 Å². The fourth-order valence-corrected chi connectivity index (χ4v) is 2.41. The van der Waals surface area contributed by atoms with Gasteiger partial charge in [0.05, 0.1) is 17.2 Å². The van der Waals surface area contributed by atoms with Gasteiger partial charge in [-0.2, -0.15) is 8.78 Å². The van der Waals surface area contributed by atoms with Crippen molar-refractivity contribution in [2.45, 2.75) is 31.6 Å². The molecule has 0 bridgehead atoms. The SMILES string of the molecule is O=C(NC1CC(O)C1)c1cnc2cc(OC(F)F)c(F)cc2c1. The van der Waals surface area contributed by atoms with Gasteiger partial charge in [0, 0.05) is 23.7 Å². The smallest absolute Gasteiger partial charge is 0.387 e. The number of nitrogens with zero attached hydrogens (tertiary/aromatic N) is 1. The van der Waals surface area contributed by atoms with Gasteiger partial charge in [0.15, 0.2) is 11.6 Å². The number of carbonyl (C=O) groups excluding carboxylic acids is 1. The summed E-state index contributed by atoms with van der Waals surface area (Å²) < 4.78 is 42.1. The van der Waals surface area contributed by atoms with E-state index in [1.807, 2.05) is 0 Å². The maximum Gasteiger partial charge on any atom is 0.387 e. The van der Waals surface area contributed by atoms with Gasteiger partial charge in [-0.15, -0.1) is 0 Å². The van der Waals surface area contributed by atoms with E-state index in [0.29, 0.717) is 18.2 Å². The Labute approximate surface area is 129 Å². The van der Waals surface area contributed by atoms with Gasteiger partial charge in [-0.25, -0.2) is 4.39 Å². The van der Waals surface area contributed by atoms with Crippen LogP contribution in [0.25, 0.3) is 10.9 Å². The zero-order chi connectivity index (χ0) is 16.6. The lowest BCUT2D eigenvalue weighted by atomic mass is 9.89. The van der Waals surface area contributed by atoms with Crippen molar-refractivity contribution in [3.8, 4) is 5.75 Å². The molecule has 0 unspecified atom stereocenters. The Morgan fingerprint density at radius 1 is 1.35 bits per heavy atom. The summed E-state index contributed by atoms with van der Waals surface area (Å²) in [5, 5.41) is 12.2. The lowest BCUT2D eigenvalue weighted by Gasteiger charge is -2.31. The quantitative estimate of drug-likeness (QED) is 0.904. The van der Waals surface area contributed by atoms with Gasteiger partial charge in [-0.1, -0.05) is 0 Å². The molecule has 1 saturated carbocycles. The van der Waals surface area contributed by atoms with Gasteiger partial charge in [-0.05, 0) is 25.0 Å². The highest BCUT2D eigenvalue weighted by atomic mass is 19.3. The van der Waals surface area contributed by atoms with Gasteiger partial charge in [0.25, 0.3) is 5.91 Å². The van der Waals surface area contributed by atoms with E-state index in [-0.39, 0.29) is 23.0 Å². The van der Waals surface area contributed by atoms with E-state index in [9.17, 15) is 23.1 Å². The largest absolute Gasteiger partial charge is 0.432 e. The molecule has 1 aromatic heterocycles. The van der Waals surface area contributed by atoms with Crippen LogP contribution in [0.2, 0.25) is 0 Å². The third-order valence-corrected chi connectivity index (χ3v) is 3.66. The molecule has 0 radical (unpaired) electrons. The fraction of sp³-hybridized carbons (Fsp3) is 0.333. The van der Waals surface area contributed by atoms with Gasteiger partial charge < -0.3 is 15.2 Å². The van der Waals surface area contributed by atoms with Gasteiger partial charge in [-0.3, -0.25) is 9.78 Å². The highest BCUT2D eigenvalue weighted by Crippen LogP contribution is 2.26. The predicted octanol–water partition coefficient (Wildman–Crippen LogP) is 2.23. The second-order valence-corrected chi connectivity index (χ2v) is 5.37. The van der Waals surface area contributed by atoms with Crippen LogP contribution in [0.5, 0.6) is 5.75 Å². The van der Waals surface area contributed by atoms with Crippen LogP contribution >= 0.6 is 0 Å². The zero-order valence-corrected chi connectivity index (χ0v) is 11.8. The van der Waals surface area contributed by atoms with E-state index >= 15 is 0 Å². The molecule has 1 aromatic carbocycles. The molecule has 3 rings (SSSR count). The van der Waals surface area contributed by atoms with Crippen LogP contribution in [0.4, 0.5) is 13.2 Å². The topological polar surface area (TPSA) is 71.5 Å². The molecular weight excluding hydrogens is 313 g/mol. The molecule has 1 aliphatic carbocycles. The first-order valence-electron chi connectivity index (χ1n) is 6.95. The van der Waals surface area contributed by atoms with Crippen molar-refractivity contribution in [1.82, 2.24) is 10.3 Å². The van der Waals surface area contributed by atoms with Crippen LogP contribution < -0.4 is 10.1 Å². The summed E-state index contributed by atoms with van der Waals surface area (Å²) in [6.07, 6.45) is 1.87. The summed E-state index contributed by atoms with van der Waals surface area (Å²) in [6, 6.07) is 3.37. The van der Waals surface area contributed by atoms with Crippen molar-refractivity contribution in [2.75, 3.05) is 0 Å². The number of alkyl halides is 2. The second kappa shape index (κ2) is 6.04. The zero-order valence-electron chi connectivity index (χ0n) is 11.8. The predicted molar refractivity (Wildman–Crippen MR) is 74.8 cm³/mol. The van der Waals surface area contributed by atoms with Gasteiger partial charge in [0.2, 0.25) is 0 Å². The fourth-order valence-electron chi connectivity index (χ4n) is 2.41. The normalized spacial score (nSPS) is 20.4. The number of carbonyl (C=O) groups is 1. The Kier molecular flexibility index (Phi) is 4.08. The number of hydrogen-bond donors (Lipinski definition) is 2. The Balaban J connectivity index is 1.82. The molecule has 0 atom stereocenters. The van der Waals surface area contributed by atoms with Crippen molar-refractivity contribution >= 4 is 16.8 Å². The summed E-state index contributed by atoms with van der Waals surface area (Å²) >= 11 is 0. The third-order valence-electron chi connectivity index (χ3n) is 3.66. The minimum atomic E-state index is -3.13. The number of pyridine rings is 1. The van der Waals surface area contributed by atoms with E-state index in [4.69, 9.17) is 0 Å². The summed E-state index contributed by atoms with van der Waals surface area (Å²) in [6.45, 7) is -3.13. The number of amides is 1. The number of aliphatic hydroxyl groups is 1. The molecule has 23 heavy (non-hydrogen) atoms. The van der Waals surface area contributed by atoms with Crippen LogP contribution in [0.1, 0.15) is 23.2 Å². The Hall–Kier alpha value is -2.35. The number of aliphatic hydroxyl groups excluding tert-OH is 1. The molecule has 0 spiro atoms. The highest BCUT2D eigenvalue weighted by molar-refractivity contribution is 5.97.